The number of para-hydroxylation sites is 1. The lowest BCUT2D eigenvalue weighted by molar-refractivity contribution is 0.104. The third kappa shape index (κ3) is 2.02. The van der Waals surface area contributed by atoms with Gasteiger partial charge >= 0.3 is 0 Å². The Kier molecular flexibility index (Phi) is 3.11. The number of nitrogens with zero attached hydrogens (tertiary/aromatic N) is 1. The number of ketones is 1. The number of carbonyl (C=O) groups excluding carboxylic acids is 1. The Morgan fingerprint density at radius 2 is 1.90 bits per heavy atom. The summed E-state index contributed by atoms with van der Waals surface area (Å²) in [5.74, 6) is 0.00343. The highest BCUT2D eigenvalue weighted by Crippen LogP contribution is 2.25. The largest absolute Gasteiger partial charge is 0.350 e. The Hall–Kier alpha value is -2.06. The maximum absolute atomic E-state index is 12.7. The molecule has 0 saturated carbocycles. The first-order valence-electron chi connectivity index (χ1n) is 6.43. The van der Waals surface area contributed by atoms with Crippen molar-refractivity contribution in [1.29, 1.82) is 0 Å². The molecule has 100 valence electrons. The molecule has 3 heteroatoms. The molecule has 0 aliphatic heterocycles. The lowest BCUT2D eigenvalue weighted by atomic mass is 10.0. The van der Waals surface area contributed by atoms with E-state index in [-0.39, 0.29) is 5.78 Å². The van der Waals surface area contributed by atoms with E-state index in [2.05, 4.69) is 0 Å². The molecule has 0 aliphatic carbocycles. The first-order chi connectivity index (χ1) is 9.58. The predicted molar refractivity (Wildman–Crippen MR) is 82.5 cm³/mol. The lowest BCUT2D eigenvalue weighted by Gasteiger charge is -2.02. The topological polar surface area (TPSA) is 22.0 Å². The van der Waals surface area contributed by atoms with Crippen LogP contribution in [-0.4, -0.2) is 10.4 Å². The van der Waals surface area contributed by atoms with Crippen LogP contribution in [0, 0.1) is 6.92 Å². The van der Waals surface area contributed by atoms with E-state index in [0.717, 1.165) is 16.5 Å². The Bertz CT molecular complexity index is 817. The van der Waals surface area contributed by atoms with Crippen LogP contribution in [0.3, 0.4) is 0 Å². The van der Waals surface area contributed by atoms with Gasteiger partial charge in [-0.1, -0.05) is 41.9 Å². The first-order valence-corrected chi connectivity index (χ1v) is 6.80. The van der Waals surface area contributed by atoms with Crippen molar-refractivity contribution in [3.8, 4) is 0 Å². The Morgan fingerprint density at radius 1 is 1.15 bits per heavy atom. The van der Waals surface area contributed by atoms with Crippen molar-refractivity contribution < 1.29 is 4.79 Å². The van der Waals surface area contributed by atoms with E-state index >= 15 is 0 Å². The van der Waals surface area contributed by atoms with Crippen LogP contribution >= 0.6 is 11.6 Å². The molecular formula is C17H14ClNO. The summed E-state index contributed by atoms with van der Waals surface area (Å²) >= 11 is 6.11. The fourth-order valence-electron chi connectivity index (χ4n) is 2.41. The average molecular weight is 284 g/mol. The second-order valence-electron chi connectivity index (χ2n) is 4.96. The summed E-state index contributed by atoms with van der Waals surface area (Å²) in [6.07, 6.45) is 1.88. The zero-order chi connectivity index (χ0) is 14.3. The van der Waals surface area contributed by atoms with Crippen molar-refractivity contribution >= 4 is 28.3 Å². The molecule has 0 aliphatic rings. The summed E-state index contributed by atoms with van der Waals surface area (Å²) in [5.41, 5.74) is 3.36. The number of hydrogen-bond acceptors (Lipinski definition) is 1. The van der Waals surface area contributed by atoms with E-state index in [9.17, 15) is 4.79 Å². The average Bonchev–Trinajstić information content (AvgIpc) is 2.79. The number of hydrogen-bond donors (Lipinski definition) is 0. The van der Waals surface area contributed by atoms with Crippen molar-refractivity contribution in [3.63, 3.8) is 0 Å². The number of fused-ring (bicyclic) bond motifs is 1. The predicted octanol–water partition coefficient (Wildman–Crippen LogP) is 4.37. The van der Waals surface area contributed by atoms with Gasteiger partial charge in [0, 0.05) is 40.3 Å². The maximum Gasteiger partial charge on any atom is 0.195 e. The number of benzene rings is 2. The van der Waals surface area contributed by atoms with Gasteiger partial charge in [0.2, 0.25) is 0 Å². The SMILES string of the molecule is Cc1ccc(C(=O)c2cn(C)c3ccccc23)cc1Cl. The minimum absolute atomic E-state index is 0.00343. The molecule has 2 aromatic carbocycles. The summed E-state index contributed by atoms with van der Waals surface area (Å²) in [4.78, 5) is 12.7. The molecule has 0 amide bonds. The van der Waals surface area contributed by atoms with Crippen molar-refractivity contribution in [2.24, 2.45) is 7.05 Å². The van der Waals surface area contributed by atoms with Gasteiger partial charge in [0.25, 0.3) is 0 Å². The highest BCUT2D eigenvalue weighted by Gasteiger charge is 2.16. The number of rotatable bonds is 2. The molecule has 0 bridgehead atoms. The molecule has 2 nitrogen and oxygen atoms in total. The highest BCUT2D eigenvalue weighted by atomic mass is 35.5. The van der Waals surface area contributed by atoms with Crippen LogP contribution in [0.2, 0.25) is 5.02 Å². The molecule has 0 fully saturated rings. The minimum atomic E-state index is 0.00343. The third-order valence-corrected chi connectivity index (χ3v) is 3.98. The van der Waals surface area contributed by atoms with Crippen LogP contribution in [0.25, 0.3) is 10.9 Å². The molecule has 0 atom stereocenters. The molecular weight excluding hydrogens is 270 g/mol. The van der Waals surface area contributed by atoms with E-state index in [4.69, 9.17) is 11.6 Å². The molecule has 3 aromatic rings. The quantitative estimate of drug-likeness (QED) is 0.640. The van der Waals surface area contributed by atoms with Gasteiger partial charge in [-0.25, -0.2) is 0 Å². The standard InChI is InChI=1S/C17H14ClNO/c1-11-7-8-12(9-15(11)18)17(20)14-10-19(2)16-6-4-3-5-13(14)16/h3-10H,1-2H3. The molecule has 1 heterocycles. The van der Waals surface area contributed by atoms with E-state index in [0.29, 0.717) is 16.1 Å². The Balaban J connectivity index is 2.15. The summed E-state index contributed by atoms with van der Waals surface area (Å²) in [6, 6.07) is 13.3. The van der Waals surface area contributed by atoms with Gasteiger partial charge in [-0.05, 0) is 24.6 Å². The molecule has 20 heavy (non-hydrogen) atoms. The number of aryl methyl sites for hydroxylation is 2. The van der Waals surface area contributed by atoms with Gasteiger partial charge in [0.15, 0.2) is 5.78 Å². The van der Waals surface area contributed by atoms with Crippen LogP contribution in [0.1, 0.15) is 21.5 Å². The van der Waals surface area contributed by atoms with Gasteiger partial charge in [0.1, 0.15) is 0 Å². The van der Waals surface area contributed by atoms with Gasteiger partial charge in [-0.15, -0.1) is 0 Å². The Labute approximate surface area is 122 Å². The van der Waals surface area contributed by atoms with Crippen LogP contribution in [0.5, 0.6) is 0 Å². The fraction of sp³-hybridized carbons (Fsp3) is 0.118. The van der Waals surface area contributed by atoms with Crippen LogP contribution in [-0.2, 0) is 7.05 Å². The summed E-state index contributed by atoms with van der Waals surface area (Å²) in [5, 5.41) is 1.59. The maximum atomic E-state index is 12.7. The van der Waals surface area contributed by atoms with Crippen molar-refractivity contribution in [2.75, 3.05) is 0 Å². The third-order valence-electron chi connectivity index (χ3n) is 3.58. The Morgan fingerprint density at radius 3 is 2.65 bits per heavy atom. The number of carbonyl (C=O) groups is 1. The van der Waals surface area contributed by atoms with Crippen LogP contribution in [0.4, 0.5) is 0 Å². The van der Waals surface area contributed by atoms with E-state index in [1.165, 1.54) is 0 Å². The van der Waals surface area contributed by atoms with E-state index < -0.39 is 0 Å². The smallest absolute Gasteiger partial charge is 0.195 e. The summed E-state index contributed by atoms with van der Waals surface area (Å²) in [6.45, 7) is 1.93. The first kappa shape index (κ1) is 12.9. The van der Waals surface area contributed by atoms with Gasteiger partial charge < -0.3 is 4.57 Å². The molecule has 0 saturated heterocycles. The van der Waals surface area contributed by atoms with Crippen LogP contribution < -0.4 is 0 Å². The van der Waals surface area contributed by atoms with Crippen molar-refractivity contribution in [2.45, 2.75) is 6.92 Å². The van der Waals surface area contributed by atoms with E-state index in [1.54, 1.807) is 6.07 Å². The lowest BCUT2D eigenvalue weighted by Crippen LogP contribution is -2.00. The number of aromatic nitrogens is 1. The second kappa shape index (κ2) is 4.80. The van der Waals surface area contributed by atoms with Crippen LogP contribution in [0.15, 0.2) is 48.7 Å². The van der Waals surface area contributed by atoms with Gasteiger partial charge in [-0.2, -0.15) is 0 Å². The monoisotopic (exact) mass is 283 g/mol. The summed E-state index contributed by atoms with van der Waals surface area (Å²) in [7, 11) is 1.95. The zero-order valence-electron chi connectivity index (χ0n) is 11.4. The zero-order valence-corrected chi connectivity index (χ0v) is 12.1. The minimum Gasteiger partial charge on any atom is -0.350 e. The van der Waals surface area contributed by atoms with E-state index in [1.807, 2.05) is 61.1 Å². The normalized spacial score (nSPS) is 10.9. The molecule has 3 rings (SSSR count). The van der Waals surface area contributed by atoms with Crippen molar-refractivity contribution in [3.05, 3.63) is 70.4 Å². The second-order valence-corrected chi connectivity index (χ2v) is 5.37. The highest BCUT2D eigenvalue weighted by molar-refractivity contribution is 6.32. The molecule has 0 N–H and O–H groups in total. The molecule has 1 aromatic heterocycles. The molecule has 0 unspecified atom stereocenters. The fourth-order valence-corrected chi connectivity index (χ4v) is 2.59. The molecule has 0 spiro atoms. The number of halogens is 1. The van der Waals surface area contributed by atoms with Gasteiger partial charge in [0.05, 0.1) is 0 Å². The van der Waals surface area contributed by atoms with Gasteiger partial charge in [-0.3, -0.25) is 4.79 Å². The van der Waals surface area contributed by atoms with Crippen molar-refractivity contribution in [1.82, 2.24) is 4.57 Å². The molecule has 0 radical (unpaired) electrons. The summed E-state index contributed by atoms with van der Waals surface area (Å²) < 4.78 is 1.97.